The van der Waals surface area contributed by atoms with Crippen molar-refractivity contribution in [2.45, 2.75) is 18.2 Å². The molecule has 7 heteroatoms. The van der Waals surface area contributed by atoms with Crippen molar-refractivity contribution in [2.75, 3.05) is 5.32 Å². The van der Waals surface area contributed by atoms with Crippen LogP contribution in [0.2, 0.25) is 0 Å². The van der Waals surface area contributed by atoms with E-state index in [4.69, 9.17) is 0 Å². The first kappa shape index (κ1) is 17.1. The average Bonchev–Trinajstić information content (AvgIpc) is 2.51. The van der Waals surface area contributed by atoms with Gasteiger partial charge in [-0.25, -0.2) is 4.39 Å². The summed E-state index contributed by atoms with van der Waals surface area (Å²) in [6.45, 7) is 1.74. The van der Waals surface area contributed by atoms with Gasteiger partial charge < -0.3 is 5.32 Å². The molecule has 0 bridgehead atoms. The Morgan fingerprint density at radius 3 is 2.70 bits per heavy atom. The smallest absolute Gasteiger partial charge is 0.271 e. The molecule has 0 heterocycles. The summed E-state index contributed by atoms with van der Waals surface area (Å²) in [4.78, 5) is 21.8. The molecule has 5 nitrogen and oxygen atoms in total. The third kappa shape index (κ3) is 4.35. The number of halogens is 2. The quantitative estimate of drug-likeness (QED) is 0.484. The number of alkyl halides is 1. The van der Waals surface area contributed by atoms with E-state index in [1.807, 2.05) is 0 Å². The van der Waals surface area contributed by atoms with Gasteiger partial charge >= 0.3 is 0 Å². The summed E-state index contributed by atoms with van der Waals surface area (Å²) in [5.41, 5.74) is 1.38. The zero-order valence-corrected chi connectivity index (χ0v) is 13.8. The fourth-order valence-corrected chi connectivity index (χ4v) is 2.48. The van der Waals surface area contributed by atoms with Gasteiger partial charge in [-0.3, -0.25) is 14.9 Å². The van der Waals surface area contributed by atoms with E-state index in [2.05, 4.69) is 21.2 Å². The van der Waals surface area contributed by atoms with Crippen LogP contribution in [0.25, 0.3) is 0 Å². The lowest BCUT2D eigenvalue weighted by Crippen LogP contribution is -2.25. The first-order chi connectivity index (χ1) is 10.9. The molecule has 1 amide bonds. The summed E-state index contributed by atoms with van der Waals surface area (Å²) in [6, 6.07) is 10.4. The molecular weight excluding hydrogens is 367 g/mol. The van der Waals surface area contributed by atoms with Crippen molar-refractivity contribution >= 4 is 33.2 Å². The van der Waals surface area contributed by atoms with Crippen LogP contribution in [0.3, 0.4) is 0 Å². The van der Waals surface area contributed by atoms with Crippen molar-refractivity contribution < 1.29 is 14.1 Å². The van der Waals surface area contributed by atoms with Gasteiger partial charge in [-0.05, 0) is 30.5 Å². The lowest BCUT2D eigenvalue weighted by Gasteiger charge is -2.13. The van der Waals surface area contributed by atoms with Gasteiger partial charge in [-0.2, -0.15) is 0 Å². The summed E-state index contributed by atoms with van der Waals surface area (Å²) in [6.07, 6.45) is 0.173. The van der Waals surface area contributed by atoms with Gasteiger partial charge in [0.2, 0.25) is 5.91 Å². The van der Waals surface area contributed by atoms with Gasteiger partial charge in [0.15, 0.2) is 0 Å². The molecule has 2 aromatic carbocycles. The third-order valence-corrected chi connectivity index (χ3v) is 4.07. The Balaban J connectivity index is 2.11. The maximum Gasteiger partial charge on any atom is 0.271 e. The first-order valence-electron chi connectivity index (χ1n) is 6.82. The molecule has 0 aliphatic rings. The van der Waals surface area contributed by atoms with Gasteiger partial charge in [-0.15, -0.1) is 0 Å². The van der Waals surface area contributed by atoms with Crippen LogP contribution in [-0.4, -0.2) is 15.7 Å². The van der Waals surface area contributed by atoms with Crippen LogP contribution in [0, 0.1) is 22.9 Å². The van der Waals surface area contributed by atoms with Crippen molar-refractivity contribution in [3.8, 4) is 0 Å². The Morgan fingerprint density at radius 1 is 1.35 bits per heavy atom. The molecule has 23 heavy (non-hydrogen) atoms. The lowest BCUT2D eigenvalue weighted by molar-refractivity contribution is -0.384. The molecule has 0 radical (unpaired) electrons. The van der Waals surface area contributed by atoms with Gasteiger partial charge in [0.05, 0.1) is 15.4 Å². The summed E-state index contributed by atoms with van der Waals surface area (Å²) >= 11 is 3.23. The fourth-order valence-electron chi connectivity index (χ4n) is 2.02. The number of nitrogens with zero attached hydrogens (tertiary/aromatic N) is 1. The highest BCUT2D eigenvalue weighted by Crippen LogP contribution is 2.23. The summed E-state index contributed by atoms with van der Waals surface area (Å²) in [7, 11) is 0. The fraction of sp³-hybridized carbons (Fsp3) is 0.188. The largest absolute Gasteiger partial charge is 0.325 e. The van der Waals surface area contributed by atoms with E-state index in [0.717, 1.165) is 0 Å². The molecule has 0 fully saturated rings. The number of non-ortho nitro benzene ring substituents is 1. The highest BCUT2D eigenvalue weighted by Gasteiger charge is 2.19. The first-order valence-corrected chi connectivity index (χ1v) is 7.73. The second-order valence-electron chi connectivity index (χ2n) is 5.01. The molecular formula is C16H14BrFN2O3. The zero-order valence-electron chi connectivity index (χ0n) is 12.3. The Bertz CT molecular complexity index is 752. The van der Waals surface area contributed by atoms with E-state index in [-0.39, 0.29) is 17.9 Å². The van der Waals surface area contributed by atoms with Crippen LogP contribution in [0.15, 0.2) is 42.5 Å². The minimum absolute atomic E-state index is 0.105. The summed E-state index contributed by atoms with van der Waals surface area (Å²) in [5, 5.41) is 13.4. The lowest BCUT2D eigenvalue weighted by atomic mass is 10.1. The number of aryl methyl sites for hydroxylation is 1. The number of anilines is 1. The van der Waals surface area contributed by atoms with Gasteiger partial charge in [0.1, 0.15) is 5.82 Å². The van der Waals surface area contributed by atoms with Crippen LogP contribution < -0.4 is 5.32 Å². The summed E-state index contributed by atoms with van der Waals surface area (Å²) < 4.78 is 13.6. The van der Waals surface area contributed by atoms with E-state index >= 15 is 0 Å². The molecule has 0 saturated carbocycles. The number of nitro benzene ring substituents is 1. The number of benzene rings is 2. The van der Waals surface area contributed by atoms with E-state index in [1.165, 1.54) is 18.2 Å². The van der Waals surface area contributed by atoms with Crippen molar-refractivity contribution in [3.05, 3.63) is 69.5 Å². The van der Waals surface area contributed by atoms with E-state index < -0.39 is 15.7 Å². The number of carbonyl (C=O) groups is 1. The molecule has 2 aromatic rings. The molecule has 0 aromatic heterocycles. The van der Waals surface area contributed by atoms with Crippen molar-refractivity contribution in [1.29, 1.82) is 0 Å². The SMILES string of the molecule is Cc1ccc([N+](=O)[O-])cc1NC(=O)C(Br)Cc1ccccc1F. The Morgan fingerprint density at radius 2 is 2.04 bits per heavy atom. The number of hydrogen-bond acceptors (Lipinski definition) is 3. The third-order valence-electron chi connectivity index (χ3n) is 3.33. The molecule has 0 saturated heterocycles. The number of nitro groups is 1. The number of rotatable bonds is 5. The van der Waals surface area contributed by atoms with Gasteiger partial charge in [-0.1, -0.05) is 40.2 Å². The maximum atomic E-state index is 13.6. The highest BCUT2D eigenvalue weighted by molar-refractivity contribution is 9.10. The Labute approximate surface area is 140 Å². The average molecular weight is 381 g/mol. The highest BCUT2D eigenvalue weighted by atomic mass is 79.9. The standard InChI is InChI=1S/C16H14BrFN2O3/c1-10-6-7-12(20(22)23)9-15(10)19-16(21)13(17)8-11-4-2-3-5-14(11)18/h2-7,9,13H,8H2,1H3,(H,19,21). The predicted molar refractivity (Wildman–Crippen MR) is 89.3 cm³/mol. The molecule has 2 rings (SSSR count). The molecule has 120 valence electrons. The Hall–Kier alpha value is -2.28. The number of hydrogen-bond donors (Lipinski definition) is 1. The molecule has 1 unspecified atom stereocenters. The van der Waals surface area contributed by atoms with Crippen molar-refractivity contribution in [2.24, 2.45) is 0 Å². The Kier molecular flexibility index (Phi) is 5.44. The van der Waals surface area contributed by atoms with E-state index in [1.54, 1.807) is 31.2 Å². The van der Waals surface area contributed by atoms with E-state index in [9.17, 15) is 19.3 Å². The molecule has 0 spiro atoms. The van der Waals surface area contributed by atoms with Gasteiger partial charge in [0, 0.05) is 12.1 Å². The second-order valence-corrected chi connectivity index (χ2v) is 6.11. The summed E-state index contributed by atoms with van der Waals surface area (Å²) in [5.74, 6) is -0.770. The number of nitrogens with one attached hydrogen (secondary N) is 1. The normalized spacial score (nSPS) is 11.8. The van der Waals surface area contributed by atoms with Crippen LogP contribution in [0.5, 0.6) is 0 Å². The molecule has 1 atom stereocenters. The predicted octanol–water partition coefficient (Wildman–Crippen LogP) is 3.99. The topological polar surface area (TPSA) is 72.2 Å². The minimum atomic E-state index is -0.655. The maximum absolute atomic E-state index is 13.6. The molecule has 0 aliphatic heterocycles. The van der Waals surface area contributed by atoms with Crippen LogP contribution >= 0.6 is 15.9 Å². The number of carbonyl (C=O) groups excluding carboxylic acids is 1. The molecule has 0 aliphatic carbocycles. The van der Waals surface area contributed by atoms with Crippen LogP contribution in [-0.2, 0) is 11.2 Å². The second kappa shape index (κ2) is 7.32. The van der Waals surface area contributed by atoms with Crippen LogP contribution in [0.1, 0.15) is 11.1 Å². The van der Waals surface area contributed by atoms with Crippen LogP contribution in [0.4, 0.5) is 15.8 Å². The molecule has 1 N–H and O–H groups in total. The van der Waals surface area contributed by atoms with Crippen molar-refractivity contribution in [1.82, 2.24) is 0 Å². The van der Waals surface area contributed by atoms with E-state index in [0.29, 0.717) is 16.8 Å². The number of amides is 1. The van der Waals surface area contributed by atoms with Gasteiger partial charge in [0.25, 0.3) is 5.69 Å². The zero-order chi connectivity index (χ0) is 17.0. The van der Waals surface area contributed by atoms with Crippen molar-refractivity contribution in [3.63, 3.8) is 0 Å². The monoisotopic (exact) mass is 380 g/mol. The minimum Gasteiger partial charge on any atom is -0.325 e.